The summed E-state index contributed by atoms with van der Waals surface area (Å²) in [5.74, 6) is -0.543. The summed E-state index contributed by atoms with van der Waals surface area (Å²) < 4.78 is 19.5. The fourth-order valence-corrected chi connectivity index (χ4v) is 4.53. The fraction of sp³-hybridized carbons (Fsp3) is 0.259. The van der Waals surface area contributed by atoms with Crippen LogP contribution in [0.1, 0.15) is 16.8 Å². The molecule has 1 aliphatic rings. The van der Waals surface area contributed by atoms with E-state index in [9.17, 15) is 14.0 Å². The first-order valence-electron chi connectivity index (χ1n) is 11.8. The molecule has 1 amide bonds. The van der Waals surface area contributed by atoms with Gasteiger partial charge in [-0.25, -0.2) is 4.39 Å². The molecule has 4 aromatic rings. The third-order valence-corrected chi connectivity index (χ3v) is 6.30. The van der Waals surface area contributed by atoms with Crippen LogP contribution in [0.3, 0.4) is 0 Å². The molecule has 0 spiro atoms. The lowest BCUT2D eigenvalue weighted by atomic mass is 9.98. The molecular weight excluding hydrogens is 447 g/mol. The molecule has 35 heavy (non-hydrogen) atoms. The number of carbonyl (C=O) groups excluding carboxylic acids is 1. The van der Waals surface area contributed by atoms with Crippen LogP contribution < -0.4 is 10.9 Å². The standard InChI is InChI=1S/C27H27FN4O3/c28-20-5-1-4-18(16-20)24-22-17-19(26(33)29-10-3-11-32-12-14-35-15-13-32)7-8-23(22)31-25(24)21-6-2-9-30-27(21)34/h1-2,4-9,16-17,31H,3,10-15H2,(H,29,33)(H,30,34). The number of morpholine rings is 1. The van der Waals surface area contributed by atoms with Crippen LogP contribution in [0.2, 0.25) is 0 Å². The van der Waals surface area contributed by atoms with Gasteiger partial charge in [-0.2, -0.15) is 0 Å². The molecule has 5 rings (SSSR count). The number of benzene rings is 2. The van der Waals surface area contributed by atoms with Gasteiger partial charge in [0.1, 0.15) is 5.82 Å². The fourth-order valence-electron chi connectivity index (χ4n) is 4.53. The van der Waals surface area contributed by atoms with Gasteiger partial charge in [0.05, 0.1) is 24.5 Å². The third-order valence-electron chi connectivity index (χ3n) is 6.30. The van der Waals surface area contributed by atoms with Gasteiger partial charge in [-0.05, 0) is 61.0 Å². The first-order chi connectivity index (χ1) is 17.1. The Hall–Kier alpha value is -3.75. The van der Waals surface area contributed by atoms with Gasteiger partial charge in [0.25, 0.3) is 11.5 Å². The van der Waals surface area contributed by atoms with Crippen molar-refractivity contribution in [3.8, 4) is 22.4 Å². The van der Waals surface area contributed by atoms with Crippen molar-refractivity contribution in [3.63, 3.8) is 0 Å². The zero-order chi connectivity index (χ0) is 24.2. The largest absolute Gasteiger partial charge is 0.379 e. The highest BCUT2D eigenvalue weighted by atomic mass is 19.1. The minimum atomic E-state index is -0.376. The maximum Gasteiger partial charge on any atom is 0.257 e. The maximum atomic E-state index is 14.1. The van der Waals surface area contributed by atoms with Crippen molar-refractivity contribution in [2.45, 2.75) is 6.42 Å². The zero-order valence-electron chi connectivity index (χ0n) is 19.3. The number of hydrogen-bond acceptors (Lipinski definition) is 4. The van der Waals surface area contributed by atoms with Crippen LogP contribution >= 0.6 is 0 Å². The van der Waals surface area contributed by atoms with E-state index in [2.05, 4.69) is 20.2 Å². The van der Waals surface area contributed by atoms with Gasteiger partial charge in [0, 0.05) is 47.9 Å². The molecule has 0 radical (unpaired) electrons. The van der Waals surface area contributed by atoms with Crippen LogP contribution in [-0.2, 0) is 4.74 Å². The van der Waals surface area contributed by atoms with E-state index < -0.39 is 0 Å². The van der Waals surface area contributed by atoms with Crippen molar-refractivity contribution in [2.24, 2.45) is 0 Å². The number of pyridine rings is 1. The van der Waals surface area contributed by atoms with Crippen LogP contribution in [0.4, 0.5) is 4.39 Å². The molecule has 3 N–H and O–H groups in total. The summed E-state index contributed by atoms with van der Waals surface area (Å²) in [4.78, 5) is 33.8. The van der Waals surface area contributed by atoms with Crippen LogP contribution in [0.25, 0.3) is 33.3 Å². The van der Waals surface area contributed by atoms with Crippen molar-refractivity contribution in [1.82, 2.24) is 20.2 Å². The Morgan fingerprint density at radius 2 is 1.94 bits per heavy atom. The van der Waals surface area contributed by atoms with Gasteiger partial charge >= 0.3 is 0 Å². The van der Waals surface area contributed by atoms with E-state index in [1.807, 2.05) is 6.07 Å². The average Bonchev–Trinajstić information content (AvgIpc) is 3.26. The minimum Gasteiger partial charge on any atom is -0.379 e. The number of aromatic amines is 2. The molecule has 0 saturated carbocycles. The summed E-state index contributed by atoms with van der Waals surface area (Å²) in [6, 6.07) is 15.1. The molecule has 0 unspecified atom stereocenters. The van der Waals surface area contributed by atoms with Crippen LogP contribution in [0, 0.1) is 5.82 Å². The average molecular weight is 475 g/mol. The predicted octanol–water partition coefficient (Wildman–Crippen LogP) is 3.78. The Labute approximate surface area is 201 Å². The van der Waals surface area contributed by atoms with Gasteiger partial charge in [0.2, 0.25) is 0 Å². The molecule has 0 atom stereocenters. The van der Waals surface area contributed by atoms with Crippen LogP contribution in [0.5, 0.6) is 0 Å². The molecule has 1 saturated heterocycles. The summed E-state index contributed by atoms with van der Waals surface area (Å²) in [5.41, 5.74) is 3.33. The second-order valence-corrected chi connectivity index (χ2v) is 8.62. The van der Waals surface area contributed by atoms with E-state index >= 15 is 0 Å². The summed E-state index contributed by atoms with van der Waals surface area (Å²) in [5, 5.41) is 3.74. The number of halogens is 1. The molecule has 3 heterocycles. The number of fused-ring (bicyclic) bond motifs is 1. The topological polar surface area (TPSA) is 90.2 Å². The number of nitrogens with zero attached hydrogens (tertiary/aromatic N) is 1. The minimum absolute atomic E-state index is 0.167. The highest BCUT2D eigenvalue weighted by Crippen LogP contribution is 2.37. The summed E-state index contributed by atoms with van der Waals surface area (Å²) in [6.45, 7) is 4.85. The number of amides is 1. The summed E-state index contributed by atoms with van der Waals surface area (Å²) in [6.07, 6.45) is 2.42. The molecule has 0 aliphatic carbocycles. The Kier molecular flexibility index (Phi) is 6.74. The number of hydrogen-bond donors (Lipinski definition) is 3. The highest BCUT2D eigenvalue weighted by Gasteiger charge is 2.19. The lowest BCUT2D eigenvalue weighted by Gasteiger charge is -2.26. The molecule has 2 aromatic carbocycles. The Morgan fingerprint density at radius 1 is 1.09 bits per heavy atom. The number of rotatable bonds is 7. The molecule has 2 aromatic heterocycles. The zero-order valence-corrected chi connectivity index (χ0v) is 19.3. The highest BCUT2D eigenvalue weighted by molar-refractivity contribution is 6.07. The van der Waals surface area contributed by atoms with Gasteiger partial charge in [-0.3, -0.25) is 14.5 Å². The molecule has 1 aliphatic heterocycles. The van der Waals surface area contributed by atoms with Crippen molar-refractivity contribution < 1.29 is 13.9 Å². The smallest absolute Gasteiger partial charge is 0.257 e. The van der Waals surface area contributed by atoms with Gasteiger partial charge in [-0.1, -0.05) is 12.1 Å². The molecule has 7 nitrogen and oxygen atoms in total. The van der Waals surface area contributed by atoms with Crippen molar-refractivity contribution in [2.75, 3.05) is 39.4 Å². The van der Waals surface area contributed by atoms with E-state index in [0.717, 1.165) is 50.2 Å². The lowest BCUT2D eigenvalue weighted by Crippen LogP contribution is -2.38. The normalized spacial score (nSPS) is 14.3. The number of nitrogens with one attached hydrogen (secondary N) is 3. The number of aromatic nitrogens is 2. The van der Waals surface area contributed by atoms with Crippen molar-refractivity contribution in [1.29, 1.82) is 0 Å². The quantitative estimate of drug-likeness (QED) is 0.356. The number of ether oxygens (including phenoxy) is 1. The molecule has 8 heteroatoms. The maximum absolute atomic E-state index is 14.1. The number of carbonyl (C=O) groups is 1. The van der Waals surface area contributed by atoms with Crippen molar-refractivity contribution >= 4 is 16.8 Å². The second-order valence-electron chi connectivity index (χ2n) is 8.62. The van der Waals surface area contributed by atoms with E-state index in [4.69, 9.17) is 4.74 Å². The Morgan fingerprint density at radius 3 is 2.74 bits per heavy atom. The van der Waals surface area contributed by atoms with Gasteiger partial charge in [0.15, 0.2) is 0 Å². The lowest BCUT2D eigenvalue weighted by molar-refractivity contribution is 0.0374. The van der Waals surface area contributed by atoms with E-state index in [0.29, 0.717) is 34.5 Å². The molecule has 0 bridgehead atoms. The predicted molar refractivity (Wildman–Crippen MR) is 134 cm³/mol. The Balaban J connectivity index is 1.44. The monoisotopic (exact) mass is 474 g/mol. The van der Waals surface area contributed by atoms with Crippen LogP contribution in [0.15, 0.2) is 65.6 Å². The Bertz CT molecular complexity index is 1410. The third kappa shape index (κ3) is 5.03. The van der Waals surface area contributed by atoms with Gasteiger partial charge < -0.3 is 20.0 Å². The van der Waals surface area contributed by atoms with E-state index in [1.54, 1.807) is 42.6 Å². The van der Waals surface area contributed by atoms with Crippen LogP contribution in [-0.4, -0.2) is 60.2 Å². The summed E-state index contributed by atoms with van der Waals surface area (Å²) >= 11 is 0. The second kappa shape index (κ2) is 10.2. The summed E-state index contributed by atoms with van der Waals surface area (Å²) in [7, 11) is 0. The SMILES string of the molecule is O=C(NCCCN1CCOCC1)c1ccc2[nH]c(-c3ccc[nH]c3=O)c(-c3cccc(F)c3)c2c1. The molecule has 1 fully saturated rings. The van der Waals surface area contributed by atoms with E-state index in [1.165, 1.54) is 12.1 Å². The first-order valence-corrected chi connectivity index (χ1v) is 11.8. The van der Waals surface area contributed by atoms with Crippen molar-refractivity contribution in [3.05, 3.63) is 82.5 Å². The molecule has 180 valence electrons. The van der Waals surface area contributed by atoms with Gasteiger partial charge in [-0.15, -0.1) is 0 Å². The first kappa shape index (κ1) is 23.0. The van der Waals surface area contributed by atoms with E-state index in [-0.39, 0.29) is 17.3 Å². The molecular formula is C27H27FN4O3. The number of H-pyrrole nitrogens is 2.